The minimum Gasteiger partial charge on any atom is -0.465 e. The summed E-state index contributed by atoms with van der Waals surface area (Å²) < 4.78 is 5.29. The maximum absolute atomic E-state index is 10.8. The van der Waals surface area contributed by atoms with Crippen LogP contribution >= 0.6 is 0 Å². The Labute approximate surface area is 100 Å². The van der Waals surface area contributed by atoms with Gasteiger partial charge in [0.2, 0.25) is 0 Å². The van der Waals surface area contributed by atoms with Crippen molar-refractivity contribution in [1.29, 1.82) is 5.26 Å². The molecule has 0 spiro atoms. The van der Waals surface area contributed by atoms with E-state index in [4.69, 9.17) is 9.84 Å². The summed E-state index contributed by atoms with van der Waals surface area (Å²) in [7, 11) is 0. The maximum Gasteiger partial charge on any atom is 0.407 e. The molecule has 5 nitrogen and oxygen atoms in total. The van der Waals surface area contributed by atoms with Gasteiger partial charge in [-0.05, 0) is 19.3 Å². The van der Waals surface area contributed by atoms with Crippen LogP contribution in [0.1, 0.15) is 19.3 Å². The molecule has 2 rings (SSSR count). The molecule has 0 aromatic rings. The van der Waals surface area contributed by atoms with Gasteiger partial charge in [-0.2, -0.15) is 5.26 Å². The van der Waals surface area contributed by atoms with E-state index in [9.17, 15) is 10.1 Å². The van der Waals surface area contributed by atoms with Crippen LogP contribution in [0, 0.1) is 16.7 Å². The number of nitrogens with zero attached hydrogens (tertiary/aromatic N) is 2. The van der Waals surface area contributed by atoms with Gasteiger partial charge >= 0.3 is 6.09 Å². The molecule has 0 atom stereocenters. The molecule has 2 heterocycles. The van der Waals surface area contributed by atoms with Gasteiger partial charge in [0.25, 0.3) is 0 Å². The van der Waals surface area contributed by atoms with Gasteiger partial charge in [0.15, 0.2) is 0 Å². The highest BCUT2D eigenvalue weighted by atomic mass is 16.5. The largest absolute Gasteiger partial charge is 0.465 e. The van der Waals surface area contributed by atoms with Crippen LogP contribution in [-0.4, -0.2) is 42.4 Å². The maximum atomic E-state index is 10.8. The molecule has 5 heteroatoms. The Hall–Kier alpha value is -1.54. The molecule has 0 saturated carbocycles. The van der Waals surface area contributed by atoms with E-state index in [0.717, 1.165) is 18.4 Å². The summed E-state index contributed by atoms with van der Waals surface area (Å²) in [6.45, 7) is 2.13. The Bertz CT molecular complexity index is 378. The molecule has 92 valence electrons. The van der Waals surface area contributed by atoms with Gasteiger partial charge in [-0.1, -0.05) is 11.6 Å². The van der Waals surface area contributed by atoms with E-state index >= 15 is 0 Å². The van der Waals surface area contributed by atoms with Gasteiger partial charge in [0.05, 0.1) is 11.5 Å². The van der Waals surface area contributed by atoms with E-state index in [1.165, 1.54) is 4.90 Å². The van der Waals surface area contributed by atoms with Crippen LogP contribution < -0.4 is 0 Å². The van der Waals surface area contributed by atoms with Crippen LogP contribution in [0.15, 0.2) is 11.6 Å². The third-order valence-corrected chi connectivity index (χ3v) is 3.65. The smallest absolute Gasteiger partial charge is 0.407 e. The lowest BCUT2D eigenvalue weighted by atomic mass is 9.73. The molecule has 0 unspecified atom stereocenters. The average molecular weight is 236 g/mol. The minimum atomic E-state index is -0.890. The second kappa shape index (κ2) is 4.76. The lowest BCUT2D eigenvalue weighted by Gasteiger charge is -2.36. The van der Waals surface area contributed by atoms with Gasteiger partial charge in [-0.15, -0.1) is 0 Å². The Morgan fingerprint density at radius 2 is 2.24 bits per heavy atom. The predicted octanol–water partition coefficient (Wildman–Crippen LogP) is 1.62. The first-order valence-electron chi connectivity index (χ1n) is 5.84. The molecule has 17 heavy (non-hydrogen) atoms. The van der Waals surface area contributed by atoms with Crippen LogP contribution in [0.2, 0.25) is 0 Å². The van der Waals surface area contributed by atoms with E-state index in [-0.39, 0.29) is 0 Å². The van der Waals surface area contributed by atoms with Crippen molar-refractivity contribution < 1.29 is 14.6 Å². The normalized spacial score (nSPS) is 23.7. The number of hydrogen-bond donors (Lipinski definition) is 1. The fraction of sp³-hybridized carbons (Fsp3) is 0.667. The average Bonchev–Trinajstić information content (AvgIpc) is 2.39. The molecule has 0 aromatic carbocycles. The van der Waals surface area contributed by atoms with E-state index < -0.39 is 11.5 Å². The van der Waals surface area contributed by atoms with Crippen molar-refractivity contribution in [3.8, 4) is 6.07 Å². The van der Waals surface area contributed by atoms with E-state index in [1.54, 1.807) is 0 Å². The first-order chi connectivity index (χ1) is 8.18. The van der Waals surface area contributed by atoms with Crippen LogP contribution in [0.5, 0.6) is 0 Å². The van der Waals surface area contributed by atoms with Crippen LogP contribution in [-0.2, 0) is 4.74 Å². The highest BCUT2D eigenvalue weighted by molar-refractivity contribution is 5.65. The highest BCUT2D eigenvalue weighted by Crippen LogP contribution is 2.40. The van der Waals surface area contributed by atoms with Crippen LogP contribution in [0.4, 0.5) is 4.79 Å². The second-order valence-electron chi connectivity index (χ2n) is 4.51. The SMILES string of the molecule is N#CC1(C2=CCN(C(=O)O)CC2)CCOCC1. The fourth-order valence-electron chi connectivity index (χ4n) is 2.50. The second-order valence-corrected chi connectivity index (χ2v) is 4.51. The van der Waals surface area contributed by atoms with Crippen molar-refractivity contribution in [2.24, 2.45) is 5.41 Å². The fourth-order valence-corrected chi connectivity index (χ4v) is 2.50. The van der Waals surface area contributed by atoms with Gasteiger partial charge < -0.3 is 14.7 Å². The third-order valence-electron chi connectivity index (χ3n) is 3.65. The van der Waals surface area contributed by atoms with E-state index in [0.29, 0.717) is 32.7 Å². The van der Waals surface area contributed by atoms with Gasteiger partial charge in [0.1, 0.15) is 0 Å². The molecule has 1 amide bonds. The summed E-state index contributed by atoms with van der Waals surface area (Å²) in [6.07, 6.45) is 3.13. The molecule has 2 aliphatic rings. The Morgan fingerprint density at radius 1 is 1.53 bits per heavy atom. The Morgan fingerprint density at radius 3 is 2.71 bits per heavy atom. The zero-order valence-corrected chi connectivity index (χ0v) is 9.69. The summed E-state index contributed by atoms with van der Waals surface area (Å²) in [5, 5.41) is 18.3. The summed E-state index contributed by atoms with van der Waals surface area (Å²) in [4.78, 5) is 12.2. The topological polar surface area (TPSA) is 73.6 Å². The summed E-state index contributed by atoms with van der Waals surface area (Å²) in [5.41, 5.74) is 0.684. The van der Waals surface area contributed by atoms with Crippen molar-refractivity contribution in [3.05, 3.63) is 11.6 Å². The molecule has 0 aliphatic carbocycles. The molecule has 0 bridgehead atoms. The quantitative estimate of drug-likeness (QED) is 0.702. The van der Waals surface area contributed by atoms with Crippen molar-refractivity contribution in [2.75, 3.05) is 26.3 Å². The van der Waals surface area contributed by atoms with Gasteiger partial charge in [-0.3, -0.25) is 0 Å². The molecule has 2 aliphatic heterocycles. The molecule has 1 N–H and O–H groups in total. The zero-order valence-electron chi connectivity index (χ0n) is 9.69. The Kier molecular flexibility index (Phi) is 3.34. The number of rotatable bonds is 1. The van der Waals surface area contributed by atoms with E-state index in [2.05, 4.69) is 6.07 Å². The van der Waals surface area contributed by atoms with Gasteiger partial charge in [-0.25, -0.2) is 4.79 Å². The lowest BCUT2D eigenvalue weighted by molar-refractivity contribution is 0.0513. The molecule has 0 radical (unpaired) electrons. The highest BCUT2D eigenvalue weighted by Gasteiger charge is 2.37. The number of amides is 1. The molecule has 0 aromatic heterocycles. The lowest BCUT2D eigenvalue weighted by Crippen LogP contribution is -2.38. The van der Waals surface area contributed by atoms with Crippen molar-refractivity contribution in [3.63, 3.8) is 0 Å². The molecular weight excluding hydrogens is 220 g/mol. The number of carboxylic acid groups (broad SMARTS) is 1. The standard InChI is InChI=1S/C12H16N2O3/c13-9-12(3-7-17-8-4-12)10-1-5-14(6-2-10)11(15)16/h1H,2-8H2,(H,15,16). The predicted molar refractivity (Wildman–Crippen MR) is 60.4 cm³/mol. The van der Waals surface area contributed by atoms with Crippen LogP contribution in [0.3, 0.4) is 0 Å². The van der Waals surface area contributed by atoms with Crippen molar-refractivity contribution in [1.82, 2.24) is 4.90 Å². The number of ether oxygens (including phenoxy) is 1. The first-order valence-corrected chi connectivity index (χ1v) is 5.84. The monoisotopic (exact) mass is 236 g/mol. The first kappa shape index (κ1) is 11.9. The molecule has 1 fully saturated rings. The summed E-state index contributed by atoms with van der Waals surface area (Å²) >= 11 is 0. The number of hydrogen-bond acceptors (Lipinski definition) is 3. The Balaban J connectivity index is 2.12. The zero-order chi connectivity index (χ0) is 12.3. The van der Waals surface area contributed by atoms with Crippen molar-refractivity contribution >= 4 is 6.09 Å². The third kappa shape index (κ3) is 2.27. The summed E-state index contributed by atoms with van der Waals surface area (Å²) in [5.74, 6) is 0. The van der Waals surface area contributed by atoms with Gasteiger partial charge in [0, 0.05) is 26.3 Å². The minimum absolute atomic E-state index is 0.398. The summed E-state index contributed by atoms with van der Waals surface area (Å²) in [6, 6.07) is 2.42. The van der Waals surface area contributed by atoms with Crippen LogP contribution in [0.25, 0.3) is 0 Å². The molecular formula is C12H16N2O3. The number of nitriles is 1. The number of carbonyl (C=O) groups is 1. The van der Waals surface area contributed by atoms with E-state index in [1.807, 2.05) is 6.08 Å². The van der Waals surface area contributed by atoms with Crippen molar-refractivity contribution in [2.45, 2.75) is 19.3 Å². The molecule has 1 saturated heterocycles.